The standard InChI is InChI=1S/C13H21N3O4S/c1-10(2)13-14-11-9-16(4-3-12(11)20-13)21(17,18)15-5-7-19-8-6-15/h10H,3-9H2,1-2H3. The maximum atomic E-state index is 12.6. The summed E-state index contributed by atoms with van der Waals surface area (Å²) in [6.45, 7) is 6.52. The molecule has 7 nitrogen and oxygen atoms in total. The Morgan fingerprint density at radius 1 is 1.14 bits per heavy atom. The number of oxazole rings is 1. The summed E-state index contributed by atoms with van der Waals surface area (Å²) in [5, 5.41) is 0. The third-order valence-electron chi connectivity index (χ3n) is 3.83. The third kappa shape index (κ3) is 2.85. The van der Waals surface area contributed by atoms with Crippen LogP contribution in [0.5, 0.6) is 0 Å². The minimum absolute atomic E-state index is 0.208. The molecule has 1 aromatic heterocycles. The van der Waals surface area contributed by atoms with E-state index >= 15 is 0 Å². The third-order valence-corrected chi connectivity index (χ3v) is 5.81. The number of hydrogen-bond donors (Lipinski definition) is 0. The van der Waals surface area contributed by atoms with Crippen LogP contribution in [0.4, 0.5) is 0 Å². The van der Waals surface area contributed by atoms with E-state index in [2.05, 4.69) is 4.98 Å². The number of aromatic nitrogens is 1. The Morgan fingerprint density at radius 2 is 1.86 bits per heavy atom. The van der Waals surface area contributed by atoms with E-state index in [1.165, 1.54) is 8.61 Å². The van der Waals surface area contributed by atoms with Gasteiger partial charge in [-0.3, -0.25) is 0 Å². The van der Waals surface area contributed by atoms with Gasteiger partial charge in [-0.2, -0.15) is 17.0 Å². The number of rotatable bonds is 3. The van der Waals surface area contributed by atoms with Gasteiger partial charge in [-0.25, -0.2) is 4.98 Å². The van der Waals surface area contributed by atoms with Gasteiger partial charge >= 0.3 is 0 Å². The zero-order valence-electron chi connectivity index (χ0n) is 12.4. The summed E-state index contributed by atoms with van der Waals surface area (Å²) in [5.74, 6) is 1.72. The van der Waals surface area contributed by atoms with E-state index in [9.17, 15) is 8.42 Å². The molecule has 8 heteroatoms. The summed E-state index contributed by atoms with van der Waals surface area (Å²) < 4.78 is 39.2. The Bertz CT molecular complexity index is 605. The fraction of sp³-hybridized carbons (Fsp3) is 0.769. The Labute approximate surface area is 125 Å². The van der Waals surface area contributed by atoms with Gasteiger partial charge in [0.05, 0.1) is 25.5 Å². The van der Waals surface area contributed by atoms with Crippen LogP contribution in [0.3, 0.4) is 0 Å². The van der Waals surface area contributed by atoms with Gasteiger partial charge in [0.25, 0.3) is 10.2 Å². The molecule has 0 aromatic carbocycles. The average molecular weight is 315 g/mol. The first kappa shape index (κ1) is 15.0. The van der Waals surface area contributed by atoms with Gasteiger partial charge in [0.15, 0.2) is 5.89 Å². The maximum absolute atomic E-state index is 12.6. The number of ether oxygens (including phenoxy) is 1. The van der Waals surface area contributed by atoms with Gasteiger partial charge in [0.2, 0.25) is 0 Å². The quantitative estimate of drug-likeness (QED) is 0.822. The van der Waals surface area contributed by atoms with Crippen molar-refractivity contribution in [1.29, 1.82) is 0 Å². The second kappa shape index (κ2) is 5.68. The molecule has 0 spiro atoms. The fourth-order valence-electron chi connectivity index (χ4n) is 2.58. The van der Waals surface area contributed by atoms with E-state index < -0.39 is 10.2 Å². The Balaban J connectivity index is 1.78. The molecule has 0 amide bonds. The predicted octanol–water partition coefficient (Wildman–Crippen LogP) is 0.733. The normalized spacial score (nSPS) is 21.7. The molecule has 0 saturated carbocycles. The molecule has 0 unspecified atom stereocenters. The highest BCUT2D eigenvalue weighted by atomic mass is 32.2. The van der Waals surface area contributed by atoms with Crippen LogP contribution in [0.25, 0.3) is 0 Å². The van der Waals surface area contributed by atoms with Gasteiger partial charge in [-0.15, -0.1) is 0 Å². The topological polar surface area (TPSA) is 75.9 Å². The second-order valence-electron chi connectivity index (χ2n) is 5.68. The molecule has 1 saturated heterocycles. The molecule has 1 fully saturated rings. The summed E-state index contributed by atoms with van der Waals surface area (Å²) in [4.78, 5) is 4.44. The monoisotopic (exact) mass is 315 g/mol. The van der Waals surface area contributed by atoms with Crippen LogP contribution in [0.15, 0.2) is 4.42 Å². The van der Waals surface area contributed by atoms with E-state index in [1.807, 2.05) is 13.8 Å². The Kier molecular flexibility index (Phi) is 4.04. The lowest BCUT2D eigenvalue weighted by Gasteiger charge is -2.33. The summed E-state index contributed by atoms with van der Waals surface area (Å²) in [6.07, 6.45) is 0.582. The minimum atomic E-state index is -3.43. The smallest absolute Gasteiger partial charge is 0.282 e. The van der Waals surface area contributed by atoms with Crippen LogP contribution in [-0.4, -0.2) is 54.9 Å². The van der Waals surface area contributed by atoms with E-state index in [-0.39, 0.29) is 5.92 Å². The molecule has 0 N–H and O–H groups in total. The van der Waals surface area contributed by atoms with E-state index in [0.29, 0.717) is 51.7 Å². The molecule has 0 radical (unpaired) electrons. The molecule has 0 bridgehead atoms. The molecular weight excluding hydrogens is 294 g/mol. The largest absolute Gasteiger partial charge is 0.445 e. The van der Waals surface area contributed by atoms with E-state index in [1.54, 1.807) is 0 Å². The Morgan fingerprint density at radius 3 is 2.52 bits per heavy atom. The van der Waals surface area contributed by atoms with Crippen molar-refractivity contribution in [2.75, 3.05) is 32.8 Å². The molecule has 2 aliphatic heterocycles. The van der Waals surface area contributed by atoms with Crippen LogP contribution >= 0.6 is 0 Å². The van der Waals surface area contributed by atoms with Crippen LogP contribution in [0.2, 0.25) is 0 Å². The van der Waals surface area contributed by atoms with Crippen LogP contribution in [0.1, 0.15) is 37.1 Å². The minimum Gasteiger partial charge on any atom is -0.445 e. The van der Waals surface area contributed by atoms with Crippen molar-refractivity contribution in [1.82, 2.24) is 13.6 Å². The van der Waals surface area contributed by atoms with Crippen molar-refractivity contribution < 1.29 is 17.6 Å². The molecule has 0 atom stereocenters. The molecule has 2 aliphatic rings. The predicted molar refractivity (Wildman–Crippen MR) is 76.0 cm³/mol. The highest BCUT2D eigenvalue weighted by molar-refractivity contribution is 7.86. The van der Waals surface area contributed by atoms with Gasteiger partial charge < -0.3 is 9.15 Å². The SMILES string of the molecule is CC(C)c1nc2c(o1)CCN(S(=O)(=O)N1CCOCC1)C2. The lowest BCUT2D eigenvalue weighted by molar-refractivity contribution is 0.0698. The number of hydrogen-bond acceptors (Lipinski definition) is 5. The van der Waals surface area contributed by atoms with Crippen LogP contribution in [-0.2, 0) is 27.9 Å². The number of morpholine rings is 1. The van der Waals surface area contributed by atoms with Gasteiger partial charge in [0, 0.05) is 32.0 Å². The zero-order chi connectivity index (χ0) is 15.0. The van der Waals surface area contributed by atoms with Crippen molar-refractivity contribution in [2.24, 2.45) is 0 Å². The molecule has 1 aromatic rings. The first-order valence-corrected chi connectivity index (χ1v) is 8.69. The lowest BCUT2D eigenvalue weighted by Crippen LogP contribution is -2.49. The van der Waals surface area contributed by atoms with Crippen molar-refractivity contribution in [2.45, 2.75) is 32.7 Å². The zero-order valence-corrected chi connectivity index (χ0v) is 13.2. The highest BCUT2D eigenvalue weighted by Gasteiger charge is 2.35. The summed E-state index contributed by atoms with van der Waals surface area (Å²) in [6, 6.07) is 0. The van der Waals surface area contributed by atoms with Crippen molar-refractivity contribution in [3.63, 3.8) is 0 Å². The summed E-state index contributed by atoms with van der Waals surface area (Å²) >= 11 is 0. The molecule has 21 heavy (non-hydrogen) atoms. The first-order valence-electron chi connectivity index (χ1n) is 7.30. The van der Waals surface area contributed by atoms with E-state index in [4.69, 9.17) is 9.15 Å². The molecule has 3 rings (SSSR count). The second-order valence-corrected chi connectivity index (χ2v) is 7.61. The summed E-state index contributed by atoms with van der Waals surface area (Å²) in [7, 11) is -3.43. The Hall–Kier alpha value is -0.960. The fourth-order valence-corrected chi connectivity index (χ4v) is 4.12. The molecule has 3 heterocycles. The van der Waals surface area contributed by atoms with Crippen LogP contribution < -0.4 is 0 Å². The summed E-state index contributed by atoms with van der Waals surface area (Å²) in [5.41, 5.74) is 0.752. The van der Waals surface area contributed by atoms with Gasteiger partial charge in [-0.05, 0) is 0 Å². The van der Waals surface area contributed by atoms with Crippen molar-refractivity contribution in [3.05, 3.63) is 17.3 Å². The average Bonchev–Trinajstić information content (AvgIpc) is 2.91. The number of nitrogens with zero attached hydrogens (tertiary/aromatic N) is 3. The highest BCUT2D eigenvalue weighted by Crippen LogP contribution is 2.26. The molecule has 0 aliphatic carbocycles. The van der Waals surface area contributed by atoms with E-state index in [0.717, 1.165) is 11.5 Å². The molecular formula is C13H21N3O4S. The first-order chi connectivity index (χ1) is 9.98. The lowest BCUT2D eigenvalue weighted by atomic mass is 10.2. The molecule has 118 valence electrons. The maximum Gasteiger partial charge on any atom is 0.282 e. The van der Waals surface area contributed by atoms with Crippen LogP contribution in [0, 0.1) is 0 Å². The number of fused-ring (bicyclic) bond motifs is 1. The van der Waals surface area contributed by atoms with Crippen molar-refractivity contribution in [3.8, 4) is 0 Å². The van der Waals surface area contributed by atoms with Gasteiger partial charge in [-0.1, -0.05) is 13.8 Å². The van der Waals surface area contributed by atoms with Crippen molar-refractivity contribution >= 4 is 10.2 Å². The van der Waals surface area contributed by atoms with Gasteiger partial charge in [0.1, 0.15) is 5.76 Å².